The number of amides is 2. The van der Waals surface area contributed by atoms with Crippen LogP contribution in [0.15, 0.2) is 51.9 Å². The number of ether oxygens (including phenoxy) is 2. The van der Waals surface area contributed by atoms with Gasteiger partial charge >= 0.3 is 11.8 Å². The lowest BCUT2D eigenvalue weighted by Gasteiger charge is -2.08. The number of benzene rings is 2. The number of aromatic nitrogens is 2. The monoisotopic (exact) mass is 471 g/mol. The van der Waals surface area contributed by atoms with Gasteiger partial charge in [-0.2, -0.15) is 5.10 Å². The summed E-state index contributed by atoms with van der Waals surface area (Å²) in [4.78, 5) is 24.0. The van der Waals surface area contributed by atoms with Gasteiger partial charge in [-0.15, -0.1) is 10.2 Å². The summed E-state index contributed by atoms with van der Waals surface area (Å²) >= 11 is 3.09. The van der Waals surface area contributed by atoms with E-state index in [-0.39, 0.29) is 0 Å². The van der Waals surface area contributed by atoms with Crippen LogP contribution in [0.2, 0.25) is 0 Å². The molecule has 2 amide bonds. The fourth-order valence-electron chi connectivity index (χ4n) is 2.55. The smallest absolute Gasteiger partial charge is 0.329 e. The van der Waals surface area contributed by atoms with Crippen LogP contribution < -0.4 is 20.2 Å². The van der Waals surface area contributed by atoms with E-state index in [4.69, 9.17) is 9.47 Å². The Labute approximate surface area is 193 Å². The van der Waals surface area contributed by atoms with Gasteiger partial charge in [0.25, 0.3) is 0 Å². The Morgan fingerprint density at radius 3 is 2.53 bits per heavy atom. The molecule has 32 heavy (non-hydrogen) atoms. The predicted molar refractivity (Wildman–Crippen MR) is 125 cm³/mol. The van der Waals surface area contributed by atoms with E-state index in [1.165, 1.54) is 17.6 Å². The number of rotatable bonds is 8. The van der Waals surface area contributed by atoms with Crippen molar-refractivity contribution in [2.24, 2.45) is 5.10 Å². The standard InChI is InChI=1S/C21H21N5O4S2/c1-13-24-26-21(32-13)31-12-15-10-14(4-9-18(15)30-3)11-22-25-20(28)19(27)23-16-5-7-17(29-2)8-6-16/h4-11H,12H2,1-3H3,(H,23,27)(H,25,28)/b22-11+. The van der Waals surface area contributed by atoms with Gasteiger partial charge in [0.05, 0.1) is 20.4 Å². The Hall–Kier alpha value is -3.44. The summed E-state index contributed by atoms with van der Waals surface area (Å²) < 4.78 is 11.3. The minimum absolute atomic E-state index is 0.470. The van der Waals surface area contributed by atoms with E-state index in [9.17, 15) is 9.59 Å². The number of nitrogens with one attached hydrogen (secondary N) is 2. The van der Waals surface area contributed by atoms with Gasteiger partial charge in [-0.25, -0.2) is 5.43 Å². The molecule has 0 aliphatic heterocycles. The van der Waals surface area contributed by atoms with E-state index in [1.54, 1.807) is 56.3 Å². The number of hydrogen-bond donors (Lipinski definition) is 2. The summed E-state index contributed by atoms with van der Waals surface area (Å²) in [5.74, 6) is 0.307. The molecule has 0 saturated carbocycles. The van der Waals surface area contributed by atoms with E-state index >= 15 is 0 Å². The molecule has 9 nitrogen and oxygen atoms in total. The van der Waals surface area contributed by atoms with Crippen LogP contribution in [0.4, 0.5) is 5.69 Å². The maximum atomic E-state index is 12.0. The van der Waals surface area contributed by atoms with Gasteiger partial charge in [0, 0.05) is 17.0 Å². The SMILES string of the molecule is COc1ccc(NC(=O)C(=O)N/N=C/c2ccc(OC)c(CSc3nnc(C)s3)c2)cc1. The van der Waals surface area contributed by atoms with Gasteiger partial charge in [0.15, 0.2) is 4.34 Å². The van der Waals surface area contributed by atoms with Crippen molar-refractivity contribution in [2.75, 3.05) is 19.5 Å². The van der Waals surface area contributed by atoms with Crippen LogP contribution in [0.25, 0.3) is 0 Å². The number of carbonyl (C=O) groups is 2. The first-order valence-corrected chi connectivity index (χ1v) is 11.2. The third-order valence-electron chi connectivity index (χ3n) is 4.10. The van der Waals surface area contributed by atoms with E-state index < -0.39 is 11.8 Å². The molecule has 0 fully saturated rings. The summed E-state index contributed by atoms with van der Waals surface area (Å²) in [5.41, 5.74) is 4.38. The molecule has 1 heterocycles. The average Bonchev–Trinajstić information content (AvgIpc) is 3.23. The van der Waals surface area contributed by atoms with Crippen LogP contribution in [-0.2, 0) is 15.3 Å². The van der Waals surface area contributed by atoms with Crippen LogP contribution in [-0.4, -0.2) is 42.4 Å². The summed E-state index contributed by atoms with van der Waals surface area (Å²) in [6.07, 6.45) is 1.46. The molecular formula is C21H21N5O4S2. The summed E-state index contributed by atoms with van der Waals surface area (Å²) in [5, 5.41) is 15.4. The number of anilines is 1. The van der Waals surface area contributed by atoms with Crippen molar-refractivity contribution in [3.05, 3.63) is 58.6 Å². The first-order valence-electron chi connectivity index (χ1n) is 9.36. The highest BCUT2D eigenvalue weighted by Crippen LogP contribution is 2.30. The van der Waals surface area contributed by atoms with E-state index in [2.05, 4.69) is 26.0 Å². The third-order valence-corrected chi connectivity index (χ3v) is 6.12. The highest BCUT2D eigenvalue weighted by Gasteiger charge is 2.13. The van der Waals surface area contributed by atoms with E-state index in [1.807, 2.05) is 19.1 Å². The van der Waals surface area contributed by atoms with Crippen molar-refractivity contribution in [2.45, 2.75) is 17.0 Å². The zero-order valence-corrected chi connectivity index (χ0v) is 19.3. The number of hydrazone groups is 1. The van der Waals surface area contributed by atoms with Crippen molar-refractivity contribution in [3.63, 3.8) is 0 Å². The largest absolute Gasteiger partial charge is 0.497 e. The van der Waals surface area contributed by atoms with Crippen molar-refractivity contribution in [1.29, 1.82) is 0 Å². The molecule has 0 saturated heterocycles. The van der Waals surface area contributed by atoms with Crippen molar-refractivity contribution >= 4 is 46.8 Å². The molecule has 0 atom stereocenters. The molecule has 0 bridgehead atoms. The number of methoxy groups -OCH3 is 2. The molecule has 166 valence electrons. The van der Waals surface area contributed by atoms with Crippen molar-refractivity contribution < 1.29 is 19.1 Å². The normalized spacial score (nSPS) is 10.7. The number of nitrogens with zero attached hydrogens (tertiary/aromatic N) is 3. The van der Waals surface area contributed by atoms with E-state index in [0.717, 1.165) is 26.2 Å². The van der Waals surface area contributed by atoms with Crippen molar-refractivity contribution in [1.82, 2.24) is 15.6 Å². The molecule has 0 spiro atoms. The number of carbonyl (C=O) groups excluding carboxylic acids is 2. The van der Waals surface area contributed by atoms with Gasteiger partial charge in [0.2, 0.25) is 0 Å². The topological polar surface area (TPSA) is 115 Å². The predicted octanol–water partition coefficient (Wildman–Crippen LogP) is 3.24. The van der Waals surface area contributed by atoms with Gasteiger partial charge in [0.1, 0.15) is 16.5 Å². The average molecular weight is 472 g/mol. The van der Waals surface area contributed by atoms with Crippen LogP contribution in [0, 0.1) is 6.92 Å². The molecule has 0 radical (unpaired) electrons. The second-order valence-corrected chi connectivity index (χ2v) is 8.73. The minimum atomic E-state index is -0.881. The molecule has 11 heteroatoms. The lowest BCUT2D eigenvalue weighted by molar-refractivity contribution is -0.136. The highest BCUT2D eigenvalue weighted by molar-refractivity contribution is 8.00. The second kappa shape index (κ2) is 11.3. The minimum Gasteiger partial charge on any atom is -0.497 e. The maximum absolute atomic E-state index is 12.0. The number of aryl methyl sites for hydroxylation is 1. The molecule has 1 aromatic heterocycles. The lowest BCUT2D eigenvalue weighted by atomic mass is 10.1. The first kappa shape index (κ1) is 23.2. The molecule has 2 N–H and O–H groups in total. The summed E-state index contributed by atoms with van der Waals surface area (Å²) in [7, 11) is 3.15. The van der Waals surface area contributed by atoms with E-state index in [0.29, 0.717) is 17.2 Å². The van der Waals surface area contributed by atoms with Crippen LogP contribution in [0.1, 0.15) is 16.1 Å². The first-order chi connectivity index (χ1) is 15.5. The summed E-state index contributed by atoms with van der Waals surface area (Å²) in [6.45, 7) is 1.91. The Balaban J connectivity index is 1.57. The Bertz CT molecular complexity index is 1120. The van der Waals surface area contributed by atoms with Crippen LogP contribution in [0.5, 0.6) is 11.5 Å². The quantitative estimate of drug-likeness (QED) is 0.224. The molecule has 2 aromatic carbocycles. The molecule has 0 aliphatic rings. The lowest BCUT2D eigenvalue weighted by Crippen LogP contribution is -2.32. The second-order valence-electron chi connectivity index (χ2n) is 6.33. The number of hydrogen-bond acceptors (Lipinski definition) is 9. The van der Waals surface area contributed by atoms with Crippen molar-refractivity contribution in [3.8, 4) is 11.5 Å². The van der Waals surface area contributed by atoms with Gasteiger partial charge < -0.3 is 14.8 Å². The molecule has 0 aliphatic carbocycles. The Morgan fingerprint density at radius 1 is 1.09 bits per heavy atom. The van der Waals surface area contributed by atoms with Gasteiger partial charge in [-0.3, -0.25) is 9.59 Å². The molecule has 3 aromatic rings. The fourth-order valence-corrected chi connectivity index (χ4v) is 4.34. The summed E-state index contributed by atoms with van der Waals surface area (Å²) in [6, 6.07) is 12.1. The molecule has 0 unspecified atom stereocenters. The van der Waals surface area contributed by atoms with Gasteiger partial charge in [-0.05, 0) is 55.0 Å². The maximum Gasteiger partial charge on any atom is 0.329 e. The number of thioether (sulfide) groups is 1. The third kappa shape index (κ3) is 6.53. The molecule has 3 rings (SSSR count). The highest BCUT2D eigenvalue weighted by atomic mass is 32.2. The Morgan fingerprint density at radius 2 is 1.88 bits per heavy atom. The fraction of sp³-hybridized carbons (Fsp3) is 0.190. The van der Waals surface area contributed by atoms with Crippen LogP contribution in [0.3, 0.4) is 0 Å². The Kier molecular flexibility index (Phi) is 8.17. The zero-order valence-electron chi connectivity index (χ0n) is 17.6. The zero-order chi connectivity index (χ0) is 22.9. The molecular weight excluding hydrogens is 450 g/mol. The van der Waals surface area contributed by atoms with Crippen LogP contribution >= 0.6 is 23.1 Å². The van der Waals surface area contributed by atoms with Gasteiger partial charge in [-0.1, -0.05) is 23.1 Å².